The highest BCUT2D eigenvalue weighted by atomic mass is 16.5. The molecule has 1 atom stereocenters. The number of para-hydroxylation sites is 2. The normalized spacial score (nSPS) is 15.4. The molecule has 30 heavy (non-hydrogen) atoms. The molecule has 2 aromatic carbocycles. The molecule has 4 amide bonds. The molecule has 0 spiro atoms. The second-order valence-electron chi connectivity index (χ2n) is 6.87. The quantitative estimate of drug-likeness (QED) is 0.647. The van der Waals surface area contributed by atoms with E-state index >= 15 is 0 Å². The Morgan fingerprint density at radius 2 is 1.87 bits per heavy atom. The third-order valence-electron chi connectivity index (χ3n) is 4.61. The van der Waals surface area contributed by atoms with Crippen LogP contribution in [0.3, 0.4) is 0 Å². The number of hydrogen-bond acceptors (Lipinski definition) is 5. The number of esters is 1. The molecule has 2 aromatic rings. The van der Waals surface area contributed by atoms with E-state index in [1.165, 1.54) is 17.0 Å². The van der Waals surface area contributed by atoms with E-state index in [2.05, 4.69) is 10.6 Å². The fraction of sp³-hybridized carbons (Fsp3) is 0.238. The van der Waals surface area contributed by atoms with Crippen LogP contribution in [-0.2, 0) is 20.9 Å². The Bertz CT molecular complexity index is 974. The topological polar surface area (TPSA) is 131 Å². The Morgan fingerprint density at radius 1 is 1.17 bits per heavy atom. The molecular formula is C21H22N4O5. The number of anilines is 2. The molecule has 9 nitrogen and oxygen atoms in total. The molecule has 156 valence electrons. The van der Waals surface area contributed by atoms with Crippen LogP contribution in [0.25, 0.3) is 0 Å². The van der Waals surface area contributed by atoms with Gasteiger partial charge in [-0.2, -0.15) is 0 Å². The van der Waals surface area contributed by atoms with E-state index in [1.807, 2.05) is 0 Å². The van der Waals surface area contributed by atoms with Crippen molar-refractivity contribution in [2.24, 2.45) is 5.73 Å². The molecular weight excluding hydrogens is 388 g/mol. The molecule has 0 aromatic heterocycles. The number of nitrogens with zero attached hydrogens (tertiary/aromatic N) is 1. The predicted molar refractivity (Wildman–Crippen MR) is 110 cm³/mol. The van der Waals surface area contributed by atoms with Gasteiger partial charge in [0, 0.05) is 19.0 Å². The molecule has 0 aliphatic carbocycles. The summed E-state index contributed by atoms with van der Waals surface area (Å²) in [6.07, 6.45) is 0.134. The number of carbonyl (C=O) groups is 4. The Hall–Kier alpha value is -3.88. The summed E-state index contributed by atoms with van der Waals surface area (Å²) in [6.45, 7) is 1.54. The van der Waals surface area contributed by atoms with Crippen molar-refractivity contribution >= 4 is 35.2 Å². The van der Waals surface area contributed by atoms with Crippen LogP contribution in [0.15, 0.2) is 48.5 Å². The van der Waals surface area contributed by atoms with Gasteiger partial charge in [0.1, 0.15) is 0 Å². The molecule has 0 fully saturated rings. The van der Waals surface area contributed by atoms with E-state index < -0.39 is 30.6 Å². The minimum absolute atomic E-state index is 0.134. The van der Waals surface area contributed by atoms with Gasteiger partial charge < -0.3 is 26.0 Å². The number of nitrogens with one attached hydrogen (secondary N) is 2. The van der Waals surface area contributed by atoms with Crippen molar-refractivity contribution in [1.82, 2.24) is 5.32 Å². The fourth-order valence-corrected chi connectivity index (χ4v) is 3.20. The van der Waals surface area contributed by atoms with Gasteiger partial charge in [-0.3, -0.25) is 9.59 Å². The van der Waals surface area contributed by atoms with Gasteiger partial charge in [0.05, 0.1) is 16.9 Å². The van der Waals surface area contributed by atoms with Crippen molar-refractivity contribution in [2.45, 2.75) is 25.9 Å². The lowest BCUT2D eigenvalue weighted by Gasteiger charge is -2.27. The first-order valence-corrected chi connectivity index (χ1v) is 9.35. The number of carbonyl (C=O) groups excluding carboxylic acids is 4. The first-order chi connectivity index (χ1) is 14.3. The van der Waals surface area contributed by atoms with Crippen molar-refractivity contribution in [3.05, 3.63) is 59.7 Å². The molecule has 1 aliphatic heterocycles. The second-order valence-corrected chi connectivity index (χ2v) is 6.87. The summed E-state index contributed by atoms with van der Waals surface area (Å²) >= 11 is 0. The SMILES string of the molecule is CC1CC(=O)Nc2ccccc2N1C(=O)COC(=O)c1ccc(CNC(N)=O)cc1. The molecule has 0 bridgehead atoms. The summed E-state index contributed by atoms with van der Waals surface area (Å²) < 4.78 is 5.19. The zero-order valence-electron chi connectivity index (χ0n) is 16.4. The lowest BCUT2D eigenvalue weighted by Crippen LogP contribution is -2.41. The number of urea groups is 1. The molecule has 1 heterocycles. The number of ether oxygens (including phenoxy) is 1. The standard InChI is InChI=1S/C21H22N4O5/c1-13-10-18(26)24-16-4-2-3-5-17(16)25(13)19(27)12-30-20(28)15-8-6-14(7-9-15)11-23-21(22)29/h2-9,13H,10-12H2,1H3,(H,24,26)(H3,22,23,29). The van der Waals surface area contributed by atoms with Gasteiger partial charge >= 0.3 is 12.0 Å². The highest BCUT2D eigenvalue weighted by Gasteiger charge is 2.30. The van der Waals surface area contributed by atoms with E-state index in [4.69, 9.17) is 10.5 Å². The highest BCUT2D eigenvalue weighted by Crippen LogP contribution is 2.31. The van der Waals surface area contributed by atoms with Crippen LogP contribution in [0.2, 0.25) is 0 Å². The number of amides is 4. The van der Waals surface area contributed by atoms with Crippen molar-refractivity contribution in [1.29, 1.82) is 0 Å². The lowest BCUT2D eigenvalue weighted by molar-refractivity contribution is -0.122. The van der Waals surface area contributed by atoms with Gasteiger partial charge in [0.15, 0.2) is 6.61 Å². The van der Waals surface area contributed by atoms with Crippen molar-refractivity contribution < 1.29 is 23.9 Å². The second kappa shape index (κ2) is 9.08. The summed E-state index contributed by atoms with van der Waals surface area (Å²) in [5, 5.41) is 5.23. The summed E-state index contributed by atoms with van der Waals surface area (Å²) in [6, 6.07) is 12.3. The Balaban J connectivity index is 1.65. The molecule has 4 N–H and O–H groups in total. The highest BCUT2D eigenvalue weighted by molar-refractivity contribution is 6.05. The van der Waals surface area contributed by atoms with Crippen LogP contribution in [0.4, 0.5) is 16.2 Å². The third-order valence-corrected chi connectivity index (χ3v) is 4.61. The van der Waals surface area contributed by atoms with Crippen molar-refractivity contribution in [3.63, 3.8) is 0 Å². The van der Waals surface area contributed by atoms with Crippen molar-refractivity contribution in [3.8, 4) is 0 Å². The summed E-state index contributed by atoms with van der Waals surface area (Å²) in [7, 11) is 0. The van der Waals surface area contributed by atoms with Gasteiger partial charge in [-0.1, -0.05) is 24.3 Å². The van der Waals surface area contributed by atoms with Crippen LogP contribution >= 0.6 is 0 Å². The predicted octanol–water partition coefficient (Wildman–Crippen LogP) is 1.78. The minimum atomic E-state index is -0.650. The largest absolute Gasteiger partial charge is 0.452 e. The molecule has 9 heteroatoms. The van der Waals surface area contributed by atoms with Crippen LogP contribution in [0.5, 0.6) is 0 Å². The van der Waals surface area contributed by atoms with Gasteiger partial charge in [-0.15, -0.1) is 0 Å². The first-order valence-electron chi connectivity index (χ1n) is 9.35. The number of rotatable bonds is 5. The van der Waals surface area contributed by atoms with Crippen LogP contribution in [0, 0.1) is 0 Å². The molecule has 3 rings (SSSR count). The van der Waals surface area contributed by atoms with E-state index in [0.29, 0.717) is 11.4 Å². The number of benzene rings is 2. The molecule has 1 unspecified atom stereocenters. The van der Waals surface area contributed by atoms with E-state index in [1.54, 1.807) is 43.3 Å². The average molecular weight is 410 g/mol. The monoisotopic (exact) mass is 410 g/mol. The molecule has 0 saturated carbocycles. The van der Waals surface area contributed by atoms with Gasteiger partial charge in [0.2, 0.25) is 5.91 Å². The fourth-order valence-electron chi connectivity index (χ4n) is 3.20. The minimum Gasteiger partial charge on any atom is -0.452 e. The van der Waals surface area contributed by atoms with Crippen LogP contribution in [0.1, 0.15) is 29.3 Å². The summed E-state index contributed by atoms with van der Waals surface area (Å²) in [4.78, 5) is 49.4. The summed E-state index contributed by atoms with van der Waals surface area (Å²) in [5.41, 5.74) is 7.14. The number of primary amides is 1. The molecule has 0 radical (unpaired) electrons. The van der Waals surface area contributed by atoms with E-state index in [0.717, 1.165) is 5.56 Å². The lowest BCUT2D eigenvalue weighted by atomic mass is 10.1. The molecule has 1 aliphatic rings. The van der Waals surface area contributed by atoms with Crippen LogP contribution in [-0.4, -0.2) is 36.5 Å². The van der Waals surface area contributed by atoms with E-state index in [9.17, 15) is 19.2 Å². The van der Waals surface area contributed by atoms with Gasteiger partial charge in [-0.25, -0.2) is 9.59 Å². The van der Waals surface area contributed by atoms with Gasteiger partial charge in [-0.05, 0) is 36.8 Å². The third kappa shape index (κ3) is 4.93. The smallest absolute Gasteiger partial charge is 0.338 e. The zero-order valence-corrected chi connectivity index (χ0v) is 16.4. The zero-order chi connectivity index (χ0) is 21.7. The summed E-state index contributed by atoms with van der Waals surface area (Å²) in [5.74, 6) is -1.27. The van der Waals surface area contributed by atoms with Crippen molar-refractivity contribution in [2.75, 3.05) is 16.8 Å². The van der Waals surface area contributed by atoms with E-state index in [-0.39, 0.29) is 24.4 Å². The maximum Gasteiger partial charge on any atom is 0.338 e. The first kappa shape index (κ1) is 20.8. The number of nitrogens with two attached hydrogens (primary N) is 1. The maximum absolute atomic E-state index is 12.8. The molecule has 0 saturated heterocycles. The number of fused-ring (bicyclic) bond motifs is 1. The Kier molecular flexibility index (Phi) is 6.31. The number of hydrogen-bond donors (Lipinski definition) is 3. The van der Waals surface area contributed by atoms with Gasteiger partial charge in [0.25, 0.3) is 5.91 Å². The Labute approximate surface area is 173 Å². The Morgan fingerprint density at radius 3 is 2.57 bits per heavy atom. The average Bonchev–Trinajstić information content (AvgIpc) is 2.84. The van der Waals surface area contributed by atoms with Crippen LogP contribution < -0.4 is 21.3 Å². The maximum atomic E-state index is 12.8.